The summed E-state index contributed by atoms with van der Waals surface area (Å²) in [6.45, 7) is 1.45. The fourth-order valence-electron chi connectivity index (χ4n) is 4.20. The number of carbonyl (C=O) groups is 3. The Kier molecular flexibility index (Phi) is 8.37. The second kappa shape index (κ2) is 11.2. The number of carboxylic acid groups (broad SMARTS) is 1. The average Bonchev–Trinajstić information content (AvgIpc) is 3.13. The Morgan fingerprint density at radius 3 is 2.11 bits per heavy atom. The molecule has 0 spiro atoms. The molecule has 0 radical (unpaired) electrons. The summed E-state index contributed by atoms with van der Waals surface area (Å²) in [6.07, 6.45) is -7.17. The number of amides is 2. The number of alkyl halides is 3. The molecule has 0 heterocycles. The van der Waals surface area contributed by atoms with E-state index in [1.54, 1.807) is 12.2 Å². The molecule has 0 bridgehead atoms. The predicted octanol–water partition coefficient (Wildman–Crippen LogP) is 4.56. The third-order valence-electron chi connectivity index (χ3n) is 5.85. The van der Waals surface area contributed by atoms with Crippen molar-refractivity contribution in [2.45, 2.75) is 44.3 Å². The first-order chi connectivity index (χ1) is 16.6. The normalized spacial score (nSPS) is 13.5. The van der Waals surface area contributed by atoms with Gasteiger partial charge in [0.15, 0.2) is 0 Å². The number of ether oxygens (including phenoxy) is 1. The third-order valence-corrected chi connectivity index (χ3v) is 5.85. The van der Waals surface area contributed by atoms with Crippen LogP contribution < -0.4 is 5.32 Å². The van der Waals surface area contributed by atoms with E-state index in [1.165, 1.54) is 0 Å². The topological polar surface area (TPSA) is 95.9 Å². The fourth-order valence-corrected chi connectivity index (χ4v) is 4.20. The molecule has 1 unspecified atom stereocenters. The van der Waals surface area contributed by atoms with Crippen molar-refractivity contribution in [3.63, 3.8) is 0 Å². The van der Waals surface area contributed by atoms with Crippen molar-refractivity contribution in [1.82, 2.24) is 10.2 Å². The lowest BCUT2D eigenvalue weighted by atomic mass is 9.98. The Bertz CT molecular complexity index is 1030. The zero-order valence-electron chi connectivity index (χ0n) is 19.2. The monoisotopic (exact) mass is 492 g/mol. The molecule has 0 aliphatic heterocycles. The molecule has 0 aromatic heterocycles. The van der Waals surface area contributed by atoms with Crippen LogP contribution in [0.1, 0.15) is 43.2 Å². The molecule has 0 fully saturated rings. The molecule has 2 aromatic rings. The number of nitrogens with zero attached hydrogens (tertiary/aromatic N) is 1. The van der Waals surface area contributed by atoms with Crippen LogP contribution in [-0.4, -0.2) is 59.9 Å². The number of hydrogen-bond donors (Lipinski definition) is 2. The minimum absolute atomic E-state index is 0.113. The molecule has 3 rings (SSSR count). The van der Waals surface area contributed by atoms with Gasteiger partial charge in [-0.1, -0.05) is 55.5 Å². The summed E-state index contributed by atoms with van der Waals surface area (Å²) < 4.78 is 46.0. The van der Waals surface area contributed by atoms with E-state index < -0.39 is 36.6 Å². The van der Waals surface area contributed by atoms with Crippen LogP contribution in [0.5, 0.6) is 0 Å². The van der Waals surface area contributed by atoms with Gasteiger partial charge in [-0.25, -0.2) is 4.79 Å². The van der Waals surface area contributed by atoms with E-state index in [4.69, 9.17) is 9.84 Å². The fraction of sp³-hybridized carbons (Fsp3) is 0.400. The summed E-state index contributed by atoms with van der Waals surface area (Å²) in [5.74, 6) is -2.38. The lowest BCUT2D eigenvalue weighted by Crippen LogP contribution is -2.49. The van der Waals surface area contributed by atoms with Crippen LogP contribution in [0.25, 0.3) is 11.1 Å². The summed E-state index contributed by atoms with van der Waals surface area (Å²) in [4.78, 5) is 36.7. The van der Waals surface area contributed by atoms with Crippen LogP contribution >= 0.6 is 0 Å². The highest BCUT2D eigenvalue weighted by Gasteiger charge is 2.43. The highest BCUT2D eigenvalue weighted by atomic mass is 19.4. The molecular formula is C25H27F3N2O5. The zero-order chi connectivity index (χ0) is 25.6. The Hall–Kier alpha value is -3.56. The molecular weight excluding hydrogens is 465 g/mol. The molecule has 2 aromatic carbocycles. The van der Waals surface area contributed by atoms with Gasteiger partial charge in [0.1, 0.15) is 12.6 Å². The van der Waals surface area contributed by atoms with Gasteiger partial charge in [0.05, 0.1) is 12.8 Å². The van der Waals surface area contributed by atoms with E-state index in [9.17, 15) is 27.6 Å². The maximum atomic E-state index is 13.6. The molecule has 0 saturated heterocycles. The Morgan fingerprint density at radius 2 is 1.60 bits per heavy atom. The number of carboxylic acids is 1. The smallest absolute Gasteiger partial charge is 0.409 e. The van der Waals surface area contributed by atoms with Crippen LogP contribution in [0.15, 0.2) is 48.5 Å². The molecule has 1 aliphatic carbocycles. The predicted molar refractivity (Wildman–Crippen MR) is 122 cm³/mol. The third kappa shape index (κ3) is 6.52. The molecule has 2 amide bonds. The summed E-state index contributed by atoms with van der Waals surface area (Å²) in [6, 6.07) is 12.6. The van der Waals surface area contributed by atoms with Gasteiger partial charge in [-0.15, -0.1) is 0 Å². The highest BCUT2D eigenvalue weighted by molar-refractivity contribution is 5.80. The van der Waals surface area contributed by atoms with Crippen molar-refractivity contribution in [3.05, 3.63) is 59.7 Å². The Labute approximate surface area is 200 Å². The van der Waals surface area contributed by atoms with E-state index in [-0.39, 0.29) is 32.0 Å². The van der Waals surface area contributed by atoms with Crippen LogP contribution in [0.3, 0.4) is 0 Å². The zero-order valence-corrected chi connectivity index (χ0v) is 19.2. The van der Waals surface area contributed by atoms with E-state index >= 15 is 0 Å². The summed E-state index contributed by atoms with van der Waals surface area (Å²) >= 11 is 0. The summed E-state index contributed by atoms with van der Waals surface area (Å²) in [5, 5.41) is 10.6. The van der Waals surface area contributed by atoms with Gasteiger partial charge in [-0.3, -0.25) is 9.59 Å². The number of aliphatic carboxylic acids is 1. The van der Waals surface area contributed by atoms with Gasteiger partial charge < -0.3 is 20.1 Å². The van der Waals surface area contributed by atoms with E-state index in [0.717, 1.165) is 27.2 Å². The van der Waals surface area contributed by atoms with Crippen LogP contribution in [0, 0.1) is 0 Å². The SMILES string of the molecule is CCCN(CCC(=O)O)C(=O)CC(NC(=O)OCC1c2ccccc2-c2ccccc21)C(F)(F)F. The quantitative estimate of drug-likeness (QED) is 0.507. The lowest BCUT2D eigenvalue weighted by molar-refractivity contribution is -0.163. The minimum atomic E-state index is -4.90. The maximum Gasteiger partial charge on any atom is 0.409 e. The second-order valence-electron chi connectivity index (χ2n) is 8.29. The molecule has 1 atom stereocenters. The first-order valence-electron chi connectivity index (χ1n) is 11.3. The van der Waals surface area contributed by atoms with E-state index in [2.05, 4.69) is 0 Å². The molecule has 1 aliphatic rings. The standard InChI is InChI=1S/C25H27F3N2O5/c1-2-12-30(13-11-23(32)33)22(31)14-21(25(26,27)28)29-24(34)35-15-20-18-9-5-3-7-16(18)17-8-4-6-10-19(17)20/h3-10,20-21H,2,11-15H2,1H3,(H,29,34)(H,32,33). The van der Waals surface area contributed by atoms with E-state index in [0.29, 0.717) is 6.42 Å². The average molecular weight is 492 g/mol. The van der Waals surface area contributed by atoms with Crippen molar-refractivity contribution in [1.29, 1.82) is 0 Å². The van der Waals surface area contributed by atoms with Crippen molar-refractivity contribution in [2.24, 2.45) is 0 Å². The van der Waals surface area contributed by atoms with Gasteiger partial charge in [0, 0.05) is 19.0 Å². The lowest BCUT2D eigenvalue weighted by Gasteiger charge is -2.26. The molecule has 0 saturated carbocycles. The number of benzene rings is 2. The van der Waals surface area contributed by atoms with Gasteiger partial charge in [0.25, 0.3) is 0 Å². The molecule has 188 valence electrons. The molecule has 2 N–H and O–H groups in total. The van der Waals surface area contributed by atoms with Crippen molar-refractivity contribution >= 4 is 18.0 Å². The summed E-state index contributed by atoms with van der Waals surface area (Å²) in [7, 11) is 0. The van der Waals surface area contributed by atoms with Crippen LogP contribution in [0.4, 0.5) is 18.0 Å². The number of carbonyl (C=O) groups excluding carboxylic acids is 2. The van der Waals surface area contributed by atoms with E-state index in [1.807, 2.05) is 48.5 Å². The van der Waals surface area contributed by atoms with Crippen molar-refractivity contribution in [3.8, 4) is 11.1 Å². The van der Waals surface area contributed by atoms with Gasteiger partial charge in [-0.05, 0) is 28.7 Å². The number of fused-ring (bicyclic) bond motifs is 3. The number of nitrogens with one attached hydrogen (secondary N) is 1. The van der Waals surface area contributed by atoms with Gasteiger partial charge >= 0.3 is 18.2 Å². The largest absolute Gasteiger partial charge is 0.481 e. The Balaban J connectivity index is 1.65. The van der Waals surface area contributed by atoms with Crippen LogP contribution in [0.2, 0.25) is 0 Å². The number of halogens is 3. The maximum absolute atomic E-state index is 13.6. The van der Waals surface area contributed by atoms with Crippen molar-refractivity contribution in [2.75, 3.05) is 19.7 Å². The number of rotatable bonds is 10. The minimum Gasteiger partial charge on any atom is -0.481 e. The summed E-state index contributed by atoms with van der Waals surface area (Å²) in [5.41, 5.74) is 3.79. The first kappa shape index (κ1) is 26.1. The van der Waals surface area contributed by atoms with Gasteiger partial charge in [0.2, 0.25) is 5.91 Å². The first-order valence-corrected chi connectivity index (χ1v) is 11.3. The van der Waals surface area contributed by atoms with Crippen LogP contribution in [-0.2, 0) is 14.3 Å². The molecule has 10 heteroatoms. The van der Waals surface area contributed by atoms with Gasteiger partial charge in [-0.2, -0.15) is 13.2 Å². The molecule has 35 heavy (non-hydrogen) atoms. The Morgan fingerprint density at radius 1 is 1.03 bits per heavy atom. The van der Waals surface area contributed by atoms with Crippen molar-refractivity contribution < 1.29 is 37.4 Å². The number of hydrogen-bond acceptors (Lipinski definition) is 4. The number of alkyl carbamates (subject to hydrolysis) is 1. The highest BCUT2D eigenvalue weighted by Crippen LogP contribution is 2.44. The second-order valence-corrected chi connectivity index (χ2v) is 8.29. The molecule has 7 nitrogen and oxygen atoms in total.